The quantitative estimate of drug-likeness (QED) is 0.579. The maximum atomic E-state index is 5.96. The molecule has 0 bridgehead atoms. The highest BCUT2D eigenvalue weighted by atomic mass is 16.6. The van der Waals surface area contributed by atoms with E-state index < -0.39 is 0 Å². The second-order valence-electron chi connectivity index (χ2n) is 6.44. The first kappa shape index (κ1) is 14.4. The number of epoxide rings is 3. The molecule has 1 aliphatic carbocycles. The fourth-order valence-electron chi connectivity index (χ4n) is 2.80. The van der Waals surface area contributed by atoms with Gasteiger partial charge in [0.2, 0.25) is 0 Å². The maximum Gasteiger partial charge on any atom is 0.104 e. The predicted octanol–water partition coefficient (Wildman–Crippen LogP) is 0.522. The van der Waals surface area contributed by atoms with Gasteiger partial charge in [-0.1, -0.05) is 0 Å². The minimum Gasteiger partial charge on any atom is -0.375 e. The summed E-state index contributed by atoms with van der Waals surface area (Å²) in [4.78, 5) is 0. The van der Waals surface area contributed by atoms with Gasteiger partial charge in [-0.3, -0.25) is 0 Å². The van der Waals surface area contributed by atoms with E-state index in [-0.39, 0.29) is 18.3 Å². The molecule has 0 spiro atoms. The summed E-state index contributed by atoms with van der Waals surface area (Å²) in [7, 11) is 0. The Bertz CT molecular complexity index is 281. The first-order valence-electron chi connectivity index (χ1n) is 8.05. The van der Waals surface area contributed by atoms with Crippen LogP contribution in [0.25, 0.3) is 0 Å². The van der Waals surface area contributed by atoms with Crippen molar-refractivity contribution >= 4 is 0 Å². The van der Waals surface area contributed by atoms with Crippen LogP contribution in [0, 0.1) is 0 Å². The molecule has 6 heteroatoms. The minimum atomic E-state index is 0.207. The van der Waals surface area contributed by atoms with E-state index in [1.807, 2.05) is 0 Å². The summed E-state index contributed by atoms with van der Waals surface area (Å²) in [5.74, 6) is 0. The molecule has 0 aromatic heterocycles. The van der Waals surface area contributed by atoms with Gasteiger partial charge in [-0.25, -0.2) is 0 Å². The Kier molecular flexibility index (Phi) is 4.43. The lowest BCUT2D eigenvalue weighted by molar-refractivity contribution is -0.105. The summed E-state index contributed by atoms with van der Waals surface area (Å²) in [6, 6.07) is 0. The summed E-state index contributed by atoms with van der Waals surface area (Å²) in [6.45, 7) is 4.60. The third-order valence-electron chi connectivity index (χ3n) is 4.34. The molecule has 4 aliphatic rings. The Morgan fingerprint density at radius 1 is 0.571 bits per heavy atom. The Labute approximate surface area is 125 Å². The first-order chi connectivity index (χ1) is 10.3. The van der Waals surface area contributed by atoms with Crippen molar-refractivity contribution in [3.63, 3.8) is 0 Å². The average molecular weight is 300 g/mol. The van der Waals surface area contributed by atoms with E-state index in [1.54, 1.807) is 0 Å². The van der Waals surface area contributed by atoms with E-state index in [1.165, 1.54) is 0 Å². The monoisotopic (exact) mass is 300 g/mol. The van der Waals surface area contributed by atoms with E-state index >= 15 is 0 Å². The van der Waals surface area contributed by atoms with Crippen LogP contribution in [0.4, 0.5) is 0 Å². The fourth-order valence-corrected chi connectivity index (χ4v) is 2.80. The molecule has 3 atom stereocenters. The highest BCUT2D eigenvalue weighted by molar-refractivity contribution is 4.83. The Balaban J connectivity index is 1.24. The van der Waals surface area contributed by atoms with Gasteiger partial charge in [0.15, 0.2) is 0 Å². The molecular weight excluding hydrogens is 276 g/mol. The van der Waals surface area contributed by atoms with Crippen molar-refractivity contribution < 1.29 is 28.4 Å². The van der Waals surface area contributed by atoms with Gasteiger partial charge < -0.3 is 28.4 Å². The fraction of sp³-hybridized carbons (Fsp3) is 1.00. The summed E-state index contributed by atoms with van der Waals surface area (Å²) < 4.78 is 33.5. The van der Waals surface area contributed by atoms with Crippen LogP contribution in [0.2, 0.25) is 0 Å². The predicted molar refractivity (Wildman–Crippen MR) is 72.3 cm³/mol. The molecule has 0 aromatic carbocycles. The zero-order valence-electron chi connectivity index (χ0n) is 12.3. The second-order valence-corrected chi connectivity index (χ2v) is 6.44. The third kappa shape index (κ3) is 4.87. The van der Waals surface area contributed by atoms with Crippen molar-refractivity contribution in [2.45, 2.75) is 55.9 Å². The van der Waals surface area contributed by atoms with Crippen LogP contribution < -0.4 is 0 Å². The SMILES string of the molecule is C1OC1COC1CC(OCC2CO2)CC(OCC2CO2)C1. The lowest BCUT2D eigenvalue weighted by Gasteiger charge is -2.34. The van der Waals surface area contributed by atoms with E-state index in [2.05, 4.69) is 0 Å². The molecule has 4 fully saturated rings. The molecular formula is C15H24O6. The second kappa shape index (κ2) is 6.48. The van der Waals surface area contributed by atoms with Crippen LogP contribution in [0.15, 0.2) is 0 Å². The molecule has 0 amide bonds. The van der Waals surface area contributed by atoms with Gasteiger partial charge in [0.05, 0.1) is 58.0 Å². The van der Waals surface area contributed by atoms with Crippen molar-refractivity contribution in [2.75, 3.05) is 39.6 Å². The number of hydrogen-bond acceptors (Lipinski definition) is 6. The van der Waals surface area contributed by atoms with E-state index in [0.29, 0.717) is 38.1 Å². The van der Waals surface area contributed by atoms with Gasteiger partial charge in [0.25, 0.3) is 0 Å². The Hall–Kier alpha value is -0.240. The zero-order valence-corrected chi connectivity index (χ0v) is 12.3. The zero-order chi connectivity index (χ0) is 14.1. The molecule has 3 heterocycles. The molecule has 3 aliphatic heterocycles. The van der Waals surface area contributed by atoms with Crippen LogP contribution in [-0.2, 0) is 28.4 Å². The van der Waals surface area contributed by atoms with Crippen molar-refractivity contribution in [1.82, 2.24) is 0 Å². The maximum absolute atomic E-state index is 5.96. The van der Waals surface area contributed by atoms with Crippen LogP contribution >= 0.6 is 0 Å². The van der Waals surface area contributed by atoms with Crippen molar-refractivity contribution in [2.24, 2.45) is 0 Å². The van der Waals surface area contributed by atoms with Crippen LogP contribution in [0.5, 0.6) is 0 Å². The van der Waals surface area contributed by atoms with Gasteiger partial charge in [-0.15, -0.1) is 0 Å². The number of hydrogen-bond donors (Lipinski definition) is 0. The van der Waals surface area contributed by atoms with Gasteiger partial charge in [-0.05, 0) is 19.3 Å². The summed E-state index contributed by atoms with van der Waals surface area (Å²) in [6.07, 6.45) is 4.38. The summed E-state index contributed by atoms with van der Waals surface area (Å²) >= 11 is 0. The standard InChI is InChI=1S/C15H24O6/c1-10(16-4-13-7-19-13)2-12(18-6-15-9-21-15)3-11(1)17-5-14-8-20-14/h10-15H,1-9H2. The summed E-state index contributed by atoms with van der Waals surface area (Å²) in [5, 5.41) is 0. The third-order valence-corrected chi connectivity index (χ3v) is 4.34. The van der Waals surface area contributed by atoms with Gasteiger partial charge >= 0.3 is 0 Å². The molecule has 21 heavy (non-hydrogen) atoms. The van der Waals surface area contributed by atoms with Crippen molar-refractivity contribution in [3.8, 4) is 0 Å². The van der Waals surface area contributed by atoms with Gasteiger partial charge in [0, 0.05) is 0 Å². The normalized spacial score (nSPS) is 44.6. The molecule has 3 saturated heterocycles. The Morgan fingerprint density at radius 3 is 1.10 bits per heavy atom. The lowest BCUT2D eigenvalue weighted by atomic mass is 9.92. The lowest BCUT2D eigenvalue weighted by Crippen LogP contribution is -2.38. The number of ether oxygens (including phenoxy) is 6. The molecule has 6 nitrogen and oxygen atoms in total. The van der Waals surface area contributed by atoms with Crippen LogP contribution in [0.3, 0.4) is 0 Å². The molecule has 120 valence electrons. The largest absolute Gasteiger partial charge is 0.375 e. The first-order valence-corrected chi connectivity index (χ1v) is 8.05. The number of rotatable bonds is 9. The highest BCUT2D eigenvalue weighted by Gasteiger charge is 2.35. The van der Waals surface area contributed by atoms with Crippen molar-refractivity contribution in [1.29, 1.82) is 0 Å². The van der Waals surface area contributed by atoms with Gasteiger partial charge in [-0.2, -0.15) is 0 Å². The minimum absolute atomic E-state index is 0.207. The Morgan fingerprint density at radius 2 is 0.857 bits per heavy atom. The van der Waals surface area contributed by atoms with E-state index in [9.17, 15) is 0 Å². The van der Waals surface area contributed by atoms with Gasteiger partial charge in [0.1, 0.15) is 18.3 Å². The molecule has 0 radical (unpaired) electrons. The molecule has 1 saturated carbocycles. The van der Waals surface area contributed by atoms with Crippen LogP contribution in [-0.4, -0.2) is 76.3 Å². The smallest absolute Gasteiger partial charge is 0.104 e. The molecule has 4 rings (SSSR count). The van der Waals surface area contributed by atoms with E-state index in [0.717, 1.165) is 39.1 Å². The topological polar surface area (TPSA) is 65.3 Å². The molecule has 0 N–H and O–H groups in total. The highest BCUT2D eigenvalue weighted by Crippen LogP contribution is 2.28. The van der Waals surface area contributed by atoms with Crippen LogP contribution in [0.1, 0.15) is 19.3 Å². The molecule has 3 unspecified atom stereocenters. The molecule has 0 aromatic rings. The average Bonchev–Trinajstić information content (AvgIpc) is 3.38. The van der Waals surface area contributed by atoms with Crippen molar-refractivity contribution in [3.05, 3.63) is 0 Å². The van der Waals surface area contributed by atoms with E-state index in [4.69, 9.17) is 28.4 Å². The summed E-state index contributed by atoms with van der Waals surface area (Å²) in [5.41, 5.74) is 0.